The topological polar surface area (TPSA) is 90.7 Å². The number of piperidine rings is 1. The van der Waals surface area contributed by atoms with E-state index in [0.717, 1.165) is 18.4 Å². The van der Waals surface area contributed by atoms with E-state index < -0.39 is 35.3 Å². The number of Topliss-reactive ketones (excluding diaryl/α,β-unsaturated/α-hetero) is 1. The largest absolute Gasteiger partial charge is 0.444 e. The Hall–Kier alpha value is -3.80. The molecule has 2 bridgehead atoms. The smallest absolute Gasteiger partial charge is 0.411 e. The molecular formula is C31H33F2N3O4. The van der Waals surface area contributed by atoms with E-state index in [1.165, 1.54) is 21.9 Å². The summed E-state index contributed by atoms with van der Waals surface area (Å²) >= 11 is 0. The van der Waals surface area contributed by atoms with Crippen LogP contribution in [0.15, 0.2) is 30.3 Å². The number of benzene rings is 2. The van der Waals surface area contributed by atoms with Crippen LogP contribution in [-0.4, -0.2) is 47.4 Å². The highest BCUT2D eigenvalue weighted by atomic mass is 19.1. The van der Waals surface area contributed by atoms with Crippen LogP contribution in [0.2, 0.25) is 0 Å². The number of amides is 2. The molecule has 7 nitrogen and oxygen atoms in total. The molecule has 2 aliphatic heterocycles. The SMILES string of the molecule is CN1C(=O)Cc2ccc(-c3cc(F)c(CC(C#N)CC(=O)[C@@H]4[C@H]5CC[C@H](C5)N4C(=O)OC(C)(C)C)c(F)c3)cc21. The zero-order valence-corrected chi connectivity index (χ0v) is 23.2. The van der Waals surface area contributed by atoms with Crippen molar-refractivity contribution in [1.82, 2.24) is 4.90 Å². The Labute approximate surface area is 232 Å². The van der Waals surface area contributed by atoms with Gasteiger partial charge < -0.3 is 9.64 Å². The van der Waals surface area contributed by atoms with E-state index in [4.69, 9.17) is 4.74 Å². The van der Waals surface area contributed by atoms with Gasteiger partial charge in [0.2, 0.25) is 5.91 Å². The Kier molecular flexibility index (Phi) is 7.15. The number of hydrogen-bond donors (Lipinski definition) is 0. The van der Waals surface area contributed by atoms with E-state index >= 15 is 8.78 Å². The van der Waals surface area contributed by atoms with Crippen LogP contribution in [0, 0.1) is 34.8 Å². The van der Waals surface area contributed by atoms with Gasteiger partial charge in [0.15, 0.2) is 5.78 Å². The van der Waals surface area contributed by atoms with Crippen molar-refractivity contribution in [2.24, 2.45) is 11.8 Å². The fourth-order valence-electron chi connectivity index (χ4n) is 6.34. The quantitative estimate of drug-likeness (QED) is 0.469. The van der Waals surface area contributed by atoms with Crippen LogP contribution in [0.4, 0.5) is 19.3 Å². The monoisotopic (exact) mass is 549 g/mol. The number of rotatable bonds is 6. The summed E-state index contributed by atoms with van der Waals surface area (Å²) in [6.45, 7) is 5.29. The fourth-order valence-corrected chi connectivity index (χ4v) is 6.34. The van der Waals surface area contributed by atoms with Crippen molar-refractivity contribution >= 4 is 23.5 Å². The van der Waals surface area contributed by atoms with Gasteiger partial charge in [-0.3, -0.25) is 14.5 Å². The van der Waals surface area contributed by atoms with E-state index in [1.807, 2.05) is 6.07 Å². The molecule has 0 N–H and O–H groups in total. The standard InChI is InChI=1S/C31H33F2N3O4/c1-31(2,3)40-30(39)36-22-8-7-20(11-22)29(36)27(37)10-17(16-34)9-23-24(32)12-21(13-25(23)33)18-5-6-19-15-28(38)35(4)26(19)14-18/h5-6,12-14,17,20,22,29H,7-11,15H2,1-4H3/t17?,20-,22+,29-/m0/s1. The normalized spacial score (nSPS) is 22.3. The van der Waals surface area contributed by atoms with E-state index in [1.54, 1.807) is 46.0 Å². The first-order chi connectivity index (χ1) is 18.9. The van der Waals surface area contributed by atoms with Crippen molar-refractivity contribution in [2.75, 3.05) is 11.9 Å². The van der Waals surface area contributed by atoms with Gasteiger partial charge in [0.25, 0.3) is 0 Å². The van der Waals surface area contributed by atoms with Gasteiger partial charge in [-0.1, -0.05) is 12.1 Å². The molecule has 2 heterocycles. The van der Waals surface area contributed by atoms with Crippen LogP contribution in [-0.2, 0) is 27.2 Å². The van der Waals surface area contributed by atoms with Crippen LogP contribution in [0.5, 0.6) is 0 Å². The van der Waals surface area contributed by atoms with Gasteiger partial charge in [0.1, 0.15) is 17.2 Å². The third-order valence-corrected chi connectivity index (χ3v) is 8.24. The van der Waals surface area contributed by atoms with Crippen molar-refractivity contribution in [3.05, 3.63) is 53.1 Å². The number of anilines is 1. The minimum atomic E-state index is -0.957. The highest BCUT2D eigenvalue weighted by Crippen LogP contribution is 2.44. The molecule has 1 aliphatic carbocycles. The maximum Gasteiger partial charge on any atom is 0.411 e. The lowest BCUT2D eigenvalue weighted by Crippen LogP contribution is -2.51. The molecule has 1 unspecified atom stereocenters. The summed E-state index contributed by atoms with van der Waals surface area (Å²) in [5.41, 5.74) is 1.47. The third-order valence-electron chi connectivity index (χ3n) is 8.24. The van der Waals surface area contributed by atoms with Crippen molar-refractivity contribution in [2.45, 2.75) is 77.0 Å². The van der Waals surface area contributed by atoms with E-state index in [2.05, 4.69) is 0 Å². The number of halogens is 2. The van der Waals surface area contributed by atoms with Gasteiger partial charge in [0.05, 0.1) is 24.4 Å². The van der Waals surface area contributed by atoms with Crippen molar-refractivity contribution in [1.29, 1.82) is 5.26 Å². The number of nitrogens with zero attached hydrogens (tertiary/aromatic N) is 3. The summed E-state index contributed by atoms with van der Waals surface area (Å²) in [5.74, 6) is -2.89. The molecule has 2 fully saturated rings. The molecule has 1 saturated heterocycles. The number of hydrogen-bond acceptors (Lipinski definition) is 5. The summed E-state index contributed by atoms with van der Waals surface area (Å²) in [5, 5.41) is 9.80. The van der Waals surface area contributed by atoms with Gasteiger partial charge >= 0.3 is 6.09 Å². The average molecular weight is 550 g/mol. The Morgan fingerprint density at radius 1 is 1.12 bits per heavy atom. The van der Waals surface area contributed by atoms with E-state index in [-0.39, 0.29) is 42.1 Å². The van der Waals surface area contributed by atoms with Crippen molar-refractivity contribution in [3.63, 3.8) is 0 Å². The molecule has 2 amide bonds. The van der Waals surface area contributed by atoms with Crippen LogP contribution < -0.4 is 4.90 Å². The second-order valence-electron chi connectivity index (χ2n) is 12.2. The summed E-state index contributed by atoms with van der Waals surface area (Å²) in [7, 11) is 1.66. The van der Waals surface area contributed by atoms with Crippen LogP contribution in [0.1, 0.15) is 57.6 Å². The summed E-state index contributed by atoms with van der Waals surface area (Å²) in [4.78, 5) is 41.4. The zero-order valence-electron chi connectivity index (χ0n) is 23.2. The summed E-state index contributed by atoms with van der Waals surface area (Å²) in [6.07, 6.45) is 1.60. The van der Waals surface area contributed by atoms with Gasteiger partial charge in [-0.05, 0) is 87.3 Å². The molecule has 9 heteroatoms. The number of nitriles is 1. The van der Waals surface area contributed by atoms with Gasteiger partial charge in [-0.2, -0.15) is 5.26 Å². The number of likely N-dealkylation sites (tertiary alicyclic amines) is 1. The van der Waals surface area contributed by atoms with Crippen molar-refractivity contribution < 1.29 is 27.9 Å². The second kappa shape index (κ2) is 10.3. The minimum absolute atomic E-state index is 0.00113. The molecule has 0 spiro atoms. The van der Waals surface area contributed by atoms with Gasteiger partial charge in [-0.25, -0.2) is 13.6 Å². The van der Waals surface area contributed by atoms with E-state index in [0.29, 0.717) is 29.7 Å². The molecule has 2 aromatic rings. The Morgan fingerprint density at radius 3 is 2.48 bits per heavy atom. The molecular weight excluding hydrogens is 516 g/mol. The number of fused-ring (bicyclic) bond motifs is 3. The molecule has 1 saturated carbocycles. The number of ketones is 1. The van der Waals surface area contributed by atoms with Crippen LogP contribution in [0.25, 0.3) is 11.1 Å². The zero-order chi connectivity index (χ0) is 28.9. The lowest BCUT2D eigenvalue weighted by molar-refractivity contribution is -0.126. The Bertz CT molecular complexity index is 1400. The maximum absolute atomic E-state index is 15.2. The molecule has 0 radical (unpaired) electrons. The number of carbonyl (C=O) groups is 3. The lowest BCUT2D eigenvalue weighted by atomic mass is 9.87. The predicted octanol–water partition coefficient (Wildman–Crippen LogP) is 5.58. The molecule has 210 valence electrons. The first-order valence-corrected chi connectivity index (χ1v) is 13.7. The lowest BCUT2D eigenvalue weighted by Gasteiger charge is -2.35. The maximum atomic E-state index is 15.2. The van der Waals surface area contributed by atoms with Gasteiger partial charge in [0, 0.05) is 30.8 Å². The molecule has 3 aliphatic rings. The highest BCUT2D eigenvalue weighted by molar-refractivity contribution is 6.01. The number of carbonyl (C=O) groups excluding carboxylic acids is 3. The Balaban J connectivity index is 1.32. The molecule has 4 atom stereocenters. The fraction of sp³-hybridized carbons (Fsp3) is 0.484. The average Bonchev–Trinajstić information content (AvgIpc) is 3.57. The van der Waals surface area contributed by atoms with Crippen LogP contribution >= 0.6 is 0 Å². The molecule has 0 aromatic heterocycles. The van der Waals surface area contributed by atoms with Gasteiger partial charge in [-0.15, -0.1) is 0 Å². The summed E-state index contributed by atoms with van der Waals surface area (Å²) in [6, 6.07) is 8.95. The second-order valence-corrected chi connectivity index (χ2v) is 12.2. The van der Waals surface area contributed by atoms with E-state index in [9.17, 15) is 19.6 Å². The van der Waals surface area contributed by atoms with Crippen molar-refractivity contribution in [3.8, 4) is 17.2 Å². The van der Waals surface area contributed by atoms with Crippen LogP contribution in [0.3, 0.4) is 0 Å². The molecule has 2 aromatic carbocycles. The first-order valence-electron chi connectivity index (χ1n) is 13.7. The molecule has 5 rings (SSSR count). The summed E-state index contributed by atoms with van der Waals surface area (Å²) < 4.78 is 36.0. The Morgan fingerprint density at radius 2 is 1.82 bits per heavy atom. The highest BCUT2D eigenvalue weighted by Gasteiger charge is 2.52. The number of ether oxygens (including phenoxy) is 1. The molecule has 40 heavy (non-hydrogen) atoms. The predicted molar refractivity (Wildman–Crippen MR) is 144 cm³/mol. The minimum Gasteiger partial charge on any atom is -0.444 e. The third kappa shape index (κ3) is 5.19. The first kappa shape index (κ1) is 27.8. The number of likely N-dealkylation sites (N-methyl/N-ethyl adjacent to an activating group) is 1.